The van der Waals surface area contributed by atoms with E-state index in [4.69, 9.17) is 4.99 Å². The van der Waals surface area contributed by atoms with E-state index < -0.39 is 0 Å². The number of aliphatic imine (C=N–C) groups is 1. The van der Waals surface area contributed by atoms with E-state index in [0.29, 0.717) is 0 Å². The highest BCUT2D eigenvalue weighted by molar-refractivity contribution is 6.36. The van der Waals surface area contributed by atoms with E-state index >= 15 is 0 Å². The van der Waals surface area contributed by atoms with Crippen LogP contribution in [0.4, 0.5) is 11.4 Å². The number of fused-ring (bicyclic) bond motifs is 1. The summed E-state index contributed by atoms with van der Waals surface area (Å²) in [5.74, 6) is 0. The molecule has 2 aromatic carbocycles. The van der Waals surface area contributed by atoms with Crippen LogP contribution < -0.4 is 9.47 Å². The lowest BCUT2D eigenvalue weighted by Gasteiger charge is -2.11. The van der Waals surface area contributed by atoms with Crippen molar-refractivity contribution in [1.29, 1.82) is 0 Å². The van der Waals surface area contributed by atoms with Gasteiger partial charge in [0.15, 0.2) is 11.9 Å². The first-order valence-corrected chi connectivity index (χ1v) is 8.79. The van der Waals surface area contributed by atoms with Gasteiger partial charge in [0.1, 0.15) is 5.71 Å². The zero-order valence-electron chi connectivity index (χ0n) is 15.3. The second kappa shape index (κ2) is 6.60. The third-order valence-corrected chi connectivity index (χ3v) is 4.73. The minimum absolute atomic E-state index is 0.962. The van der Waals surface area contributed by atoms with E-state index in [2.05, 4.69) is 89.3 Å². The van der Waals surface area contributed by atoms with Gasteiger partial charge in [0, 0.05) is 38.8 Å². The van der Waals surface area contributed by atoms with Crippen LogP contribution in [0, 0.1) is 0 Å². The lowest BCUT2D eigenvalue weighted by atomic mass is 10.00. The van der Waals surface area contributed by atoms with Gasteiger partial charge in [-0.05, 0) is 35.9 Å². The normalized spacial score (nSPS) is 14.7. The summed E-state index contributed by atoms with van der Waals surface area (Å²) in [5.41, 5.74) is 7.86. The minimum Gasteiger partial charge on any atom is -0.378 e. The van der Waals surface area contributed by atoms with Gasteiger partial charge < -0.3 is 4.90 Å². The van der Waals surface area contributed by atoms with Crippen molar-refractivity contribution in [2.24, 2.45) is 4.99 Å². The molecule has 0 aliphatic carbocycles. The first kappa shape index (κ1) is 16.3. The molecule has 0 saturated carbocycles. The van der Waals surface area contributed by atoms with Crippen LogP contribution in [0.25, 0.3) is 11.3 Å². The van der Waals surface area contributed by atoms with Crippen LogP contribution in [0.1, 0.15) is 18.2 Å². The third kappa shape index (κ3) is 2.82. The van der Waals surface area contributed by atoms with Crippen LogP contribution >= 0.6 is 0 Å². The maximum absolute atomic E-state index is 5.03. The van der Waals surface area contributed by atoms with Crippen molar-refractivity contribution >= 4 is 28.4 Å². The molecule has 3 nitrogen and oxygen atoms in total. The molecule has 0 fully saturated rings. The Bertz CT molecular complexity index is 997. The number of benzene rings is 2. The summed E-state index contributed by atoms with van der Waals surface area (Å²) in [4.78, 5) is 7.12. The molecule has 0 saturated heterocycles. The molecule has 1 aliphatic rings. The minimum atomic E-state index is 0.962. The zero-order valence-corrected chi connectivity index (χ0v) is 15.3. The Morgan fingerprint density at radius 2 is 1.50 bits per heavy atom. The van der Waals surface area contributed by atoms with E-state index in [1.165, 1.54) is 22.5 Å². The predicted molar refractivity (Wildman–Crippen MR) is 109 cm³/mol. The van der Waals surface area contributed by atoms with Crippen molar-refractivity contribution in [2.75, 3.05) is 19.0 Å². The quantitative estimate of drug-likeness (QED) is 0.640. The molecule has 0 unspecified atom stereocenters. The maximum atomic E-state index is 5.03. The van der Waals surface area contributed by atoms with Crippen molar-refractivity contribution < 1.29 is 4.57 Å². The smallest absolute Gasteiger partial charge is 0.237 e. The molecule has 0 amide bonds. The molecule has 4 rings (SSSR count). The number of rotatable bonds is 3. The molecule has 3 aromatic rings. The molecule has 0 N–H and O–H groups in total. The number of hydrogen-bond donors (Lipinski definition) is 0. The molecule has 0 bridgehead atoms. The highest BCUT2D eigenvalue weighted by Gasteiger charge is 2.34. The Morgan fingerprint density at radius 1 is 0.808 bits per heavy atom. The Balaban J connectivity index is 1.86. The first-order chi connectivity index (χ1) is 12.6. The predicted octanol–water partition coefficient (Wildman–Crippen LogP) is 4.56. The number of pyridine rings is 1. The van der Waals surface area contributed by atoms with Gasteiger partial charge in [-0.1, -0.05) is 30.3 Å². The number of hydrogen-bond acceptors (Lipinski definition) is 2. The van der Waals surface area contributed by atoms with Gasteiger partial charge in [-0.2, -0.15) is 4.57 Å². The second-order valence-corrected chi connectivity index (χ2v) is 6.65. The molecule has 3 heteroatoms. The zero-order chi connectivity index (χ0) is 18.1. The van der Waals surface area contributed by atoms with Gasteiger partial charge in [0.2, 0.25) is 5.69 Å². The largest absolute Gasteiger partial charge is 0.378 e. The Morgan fingerprint density at radius 3 is 2.19 bits per heavy atom. The van der Waals surface area contributed by atoms with Crippen molar-refractivity contribution in [3.63, 3.8) is 0 Å². The molecule has 128 valence electrons. The van der Waals surface area contributed by atoms with Gasteiger partial charge in [-0.25, -0.2) is 4.99 Å². The van der Waals surface area contributed by atoms with Crippen molar-refractivity contribution in [3.05, 3.63) is 90.3 Å². The van der Waals surface area contributed by atoms with E-state index in [1.807, 2.05) is 20.2 Å². The number of nitrogens with zero attached hydrogens (tertiary/aromatic N) is 3. The first-order valence-electron chi connectivity index (χ1n) is 8.79. The van der Waals surface area contributed by atoms with Crippen LogP contribution in [0.3, 0.4) is 0 Å². The maximum Gasteiger partial charge on any atom is 0.237 e. The molecule has 26 heavy (non-hydrogen) atoms. The highest BCUT2D eigenvalue weighted by atomic mass is 15.1. The van der Waals surface area contributed by atoms with Crippen molar-refractivity contribution in [1.82, 2.24) is 0 Å². The Hall–Kier alpha value is -3.20. The van der Waals surface area contributed by atoms with Gasteiger partial charge in [-0.3, -0.25) is 0 Å². The van der Waals surface area contributed by atoms with Gasteiger partial charge >= 0.3 is 0 Å². The average Bonchev–Trinajstić information content (AvgIpc) is 2.95. The van der Waals surface area contributed by atoms with Crippen LogP contribution in [0.15, 0.2) is 84.0 Å². The van der Waals surface area contributed by atoms with E-state index in [1.54, 1.807) is 0 Å². The molecule has 1 aliphatic heterocycles. The standard InChI is InChI=1S/C23H22N3/c1-17-22(18-9-5-4-6-10-18)23(21-11-7-8-16-26(17)21)24-19-12-14-20(15-13-19)25(2)3/h4-16H,1-3H3/q+1. The van der Waals surface area contributed by atoms with Gasteiger partial charge in [-0.15, -0.1) is 0 Å². The summed E-state index contributed by atoms with van der Waals surface area (Å²) in [5, 5.41) is 0. The fraction of sp³-hybridized carbons (Fsp3) is 0.130. The summed E-state index contributed by atoms with van der Waals surface area (Å²) < 4.78 is 2.22. The van der Waals surface area contributed by atoms with Gasteiger partial charge in [0.25, 0.3) is 0 Å². The molecule has 0 spiro atoms. The van der Waals surface area contributed by atoms with E-state index in [-0.39, 0.29) is 0 Å². The summed E-state index contributed by atoms with van der Waals surface area (Å²) in [6.45, 7) is 2.16. The second-order valence-electron chi connectivity index (χ2n) is 6.65. The lowest BCUT2D eigenvalue weighted by molar-refractivity contribution is -0.579. The summed E-state index contributed by atoms with van der Waals surface area (Å²) in [7, 11) is 4.09. The van der Waals surface area contributed by atoms with Crippen LogP contribution in [0.5, 0.6) is 0 Å². The average molecular weight is 340 g/mol. The van der Waals surface area contributed by atoms with Crippen LogP contribution in [-0.2, 0) is 0 Å². The van der Waals surface area contributed by atoms with Crippen LogP contribution in [0.2, 0.25) is 0 Å². The van der Waals surface area contributed by atoms with Crippen LogP contribution in [-0.4, -0.2) is 19.8 Å². The number of anilines is 1. The van der Waals surface area contributed by atoms with Gasteiger partial charge in [0.05, 0.1) is 11.3 Å². The SMILES string of the molecule is CC1=C(c2ccccc2)C(=Nc2ccc(N(C)C)cc2)c2cccc[n+]21. The van der Waals surface area contributed by atoms with Crippen molar-refractivity contribution in [2.45, 2.75) is 6.92 Å². The number of aromatic nitrogens is 1. The lowest BCUT2D eigenvalue weighted by Crippen LogP contribution is -2.32. The summed E-state index contributed by atoms with van der Waals surface area (Å²) in [6.07, 6.45) is 2.10. The third-order valence-electron chi connectivity index (χ3n) is 4.73. The highest BCUT2D eigenvalue weighted by Crippen LogP contribution is 2.30. The Labute approximate surface area is 154 Å². The topological polar surface area (TPSA) is 19.5 Å². The fourth-order valence-electron chi connectivity index (χ4n) is 3.37. The molecular formula is C23H22N3+. The molecular weight excluding hydrogens is 318 g/mol. The molecule has 0 radical (unpaired) electrons. The molecule has 1 aromatic heterocycles. The Kier molecular flexibility index (Phi) is 4.13. The van der Waals surface area contributed by atoms with E-state index in [9.17, 15) is 0 Å². The monoisotopic (exact) mass is 340 g/mol. The summed E-state index contributed by atoms with van der Waals surface area (Å²) >= 11 is 0. The van der Waals surface area contributed by atoms with E-state index in [0.717, 1.165) is 17.1 Å². The molecule has 2 heterocycles. The number of allylic oxidation sites excluding steroid dienone is 2. The summed E-state index contributed by atoms with van der Waals surface area (Å²) in [6, 6.07) is 25.1. The molecule has 0 atom stereocenters. The fourth-order valence-corrected chi connectivity index (χ4v) is 3.37. The van der Waals surface area contributed by atoms with Crippen molar-refractivity contribution in [3.8, 4) is 0 Å².